The molecule has 0 radical (unpaired) electrons. The summed E-state index contributed by atoms with van der Waals surface area (Å²) in [7, 11) is 1.85. The minimum Gasteiger partial charge on any atom is -0.478 e. The topological polar surface area (TPSA) is 86.9 Å². The molecule has 4 heterocycles. The van der Waals surface area contributed by atoms with Crippen molar-refractivity contribution in [2.45, 2.75) is 6.92 Å². The molecule has 5 aromatic rings. The van der Waals surface area contributed by atoms with Gasteiger partial charge in [-0.3, -0.25) is 14.0 Å². The quantitative estimate of drug-likeness (QED) is 0.458. The molecule has 0 atom stereocenters. The average molecular weight is 429 g/mol. The molecule has 4 aromatic heterocycles. The van der Waals surface area contributed by atoms with E-state index in [2.05, 4.69) is 20.4 Å². The number of anilines is 1. The van der Waals surface area contributed by atoms with E-state index in [1.807, 2.05) is 50.5 Å². The van der Waals surface area contributed by atoms with Crippen molar-refractivity contribution in [2.24, 2.45) is 7.05 Å². The molecule has 8 heteroatoms. The van der Waals surface area contributed by atoms with Crippen LogP contribution < -0.4 is 15.6 Å². The number of fused-ring (bicyclic) bond motifs is 2. The third-order valence-electron chi connectivity index (χ3n) is 5.18. The van der Waals surface area contributed by atoms with Crippen LogP contribution in [0.4, 0.5) is 5.82 Å². The summed E-state index contributed by atoms with van der Waals surface area (Å²) < 4.78 is 30.9. The monoisotopic (exact) mass is 429 g/mol. The molecule has 0 amide bonds. The van der Waals surface area contributed by atoms with Gasteiger partial charge in [-0.1, -0.05) is 6.07 Å². The van der Waals surface area contributed by atoms with Crippen molar-refractivity contribution < 1.29 is 8.85 Å². The molecule has 1 aromatic carbocycles. The van der Waals surface area contributed by atoms with E-state index >= 15 is 0 Å². The summed E-state index contributed by atoms with van der Waals surface area (Å²) >= 11 is 0. The first kappa shape index (κ1) is 16.5. The van der Waals surface area contributed by atoms with Crippen LogP contribution in [0.15, 0.2) is 65.7 Å². The van der Waals surface area contributed by atoms with Gasteiger partial charge in [0, 0.05) is 46.7 Å². The van der Waals surface area contributed by atoms with Gasteiger partial charge in [0.1, 0.15) is 5.82 Å². The Morgan fingerprint density at radius 2 is 2.03 bits per heavy atom. The first-order valence-electron chi connectivity index (χ1n) is 11.6. The van der Waals surface area contributed by atoms with E-state index in [0.29, 0.717) is 29.4 Å². The Bertz CT molecular complexity index is 1610. The van der Waals surface area contributed by atoms with Gasteiger partial charge in [-0.25, -0.2) is 4.98 Å². The summed E-state index contributed by atoms with van der Waals surface area (Å²) in [6.45, 7) is -0.0862. The second-order valence-corrected chi connectivity index (χ2v) is 7.30. The van der Waals surface area contributed by atoms with Crippen molar-refractivity contribution in [1.82, 2.24) is 24.3 Å². The number of aromatic nitrogens is 5. The van der Waals surface area contributed by atoms with Crippen LogP contribution in [0, 0.1) is 0 Å². The van der Waals surface area contributed by atoms with Gasteiger partial charge in [0.05, 0.1) is 24.0 Å². The zero-order valence-corrected chi connectivity index (χ0v) is 17.5. The van der Waals surface area contributed by atoms with Crippen molar-refractivity contribution in [2.75, 3.05) is 18.9 Å². The molecule has 32 heavy (non-hydrogen) atoms. The minimum atomic E-state index is -2.38. The second-order valence-electron chi connectivity index (χ2n) is 7.30. The van der Waals surface area contributed by atoms with Crippen LogP contribution in [0.1, 0.15) is 11.0 Å². The highest BCUT2D eigenvalue weighted by Crippen LogP contribution is 2.26. The first-order chi connectivity index (χ1) is 16.7. The van der Waals surface area contributed by atoms with Crippen LogP contribution in [0.25, 0.3) is 38.8 Å². The zero-order valence-electron chi connectivity index (χ0n) is 20.5. The highest BCUT2D eigenvalue weighted by Gasteiger charge is 2.16. The van der Waals surface area contributed by atoms with Crippen molar-refractivity contribution >= 4 is 27.8 Å². The van der Waals surface area contributed by atoms with E-state index in [-0.39, 0.29) is 11.4 Å². The van der Waals surface area contributed by atoms with Crippen LogP contribution in [-0.2, 0) is 7.05 Å². The molecule has 160 valence electrons. The smallest absolute Gasteiger partial charge is 0.264 e. The number of ether oxygens (including phenoxy) is 1. The maximum Gasteiger partial charge on any atom is 0.264 e. The number of benzene rings is 1. The van der Waals surface area contributed by atoms with Gasteiger partial charge in [-0.05, 0) is 48.9 Å². The van der Waals surface area contributed by atoms with Crippen molar-refractivity contribution in [3.63, 3.8) is 0 Å². The van der Waals surface area contributed by atoms with Gasteiger partial charge in [-0.15, -0.1) is 0 Å². The number of pyridine rings is 3. The Morgan fingerprint density at radius 1 is 1.12 bits per heavy atom. The maximum absolute atomic E-state index is 13.8. The standard InChI is InChI=1S/C24H22N6O2/c1-4-32-22-10-6-16-12-19(15-5-8-20-17(11-15)14-29(3)28-20)24(31)30(23(16)27-22)18-7-9-21(25-2)26-13-18/h5-14H,4H2,1-3H3,(H,25,26)/i2D3. The van der Waals surface area contributed by atoms with Crippen LogP contribution in [-0.4, -0.2) is 37.9 Å². The highest BCUT2D eigenvalue weighted by atomic mass is 16.5. The van der Waals surface area contributed by atoms with Gasteiger partial charge in [0.15, 0.2) is 5.65 Å². The lowest BCUT2D eigenvalue weighted by Gasteiger charge is -2.14. The summed E-state index contributed by atoms with van der Waals surface area (Å²) in [6.07, 6.45) is 3.34. The van der Waals surface area contributed by atoms with Crippen LogP contribution in [0.3, 0.4) is 0 Å². The zero-order chi connectivity index (χ0) is 24.7. The number of hydrogen-bond acceptors (Lipinski definition) is 6. The van der Waals surface area contributed by atoms with Crippen LogP contribution >= 0.6 is 0 Å². The van der Waals surface area contributed by atoms with Gasteiger partial charge in [-0.2, -0.15) is 10.1 Å². The van der Waals surface area contributed by atoms with E-state index in [0.717, 1.165) is 21.9 Å². The summed E-state index contributed by atoms with van der Waals surface area (Å²) in [5.41, 5.74) is 2.63. The van der Waals surface area contributed by atoms with Crippen LogP contribution in [0.2, 0.25) is 0 Å². The fraction of sp³-hybridized carbons (Fsp3) is 0.167. The normalized spacial score (nSPS) is 13.0. The number of hydrogen-bond donors (Lipinski definition) is 1. The number of nitrogens with one attached hydrogen (secondary N) is 1. The fourth-order valence-electron chi connectivity index (χ4n) is 3.75. The molecule has 0 aliphatic carbocycles. The molecule has 5 rings (SSSR count). The Kier molecular flexibility index (Phi) is 4.02. The van der Waals surface area contributed by atoms with Gasteiger partial charge < -0.3 is 10.1 Å². The lowest BCUT2D eigenvalue weighted by Crippen LogP contribution is -2.21. The molecule has 0 saturated heterocycles. The van der Waals surface area contributed by atoms with Gasteiger partial charge in [0.25, 0.3) is 5.56 Å². The number of rotatable bonds is 5. The number of nitrogens with zero attached hydrogens (tertiary/aromatic N) is 5. The molecule has 1 N–H and O–H groups in total. The lowest BCUT2D eigenvalue weighted by molar-refractivity contribution is 0.328. The van der Waals surface area contributed by atoms with Crippen LogP contribution in [0.5, 0.6) is 5.88 Å². The molecular formula is C24H22N6O2. The van der Waals surface area contributed by atoms with Crippen molar-refractivity contribution in [3.8, 4) is 22.7 Å². The molecule has 0 aliphatic rings. The van der Waals surface area contributed by atoms with Crippen molar-refractivity contribution in [3.05, 3.63) is 71.3 Å². The van der Waals surface area contributed by atoms with E-state index in [1.54, 1.807) is 16.8 Å². The Labute approximate surface area is 188 Å². The summed E-state index contributed by atoms with van der Waals surface area (Å²) in [4.78, 5) is 22.6. The second kappa shape index (κ2) is 7.81. The molecule has 8 nitrogen and oxygen atoms in total. The molecule has 0 aliphatic heterocycles. The van der Waals surface area contributed by atoms with E-state index in [9.17, 15) is 4.79 Å². The van der Waals surface area contributed by atoms with Gasteiger partial charge in [0.2, 0.25) is 5.88 Å². The molecule has 0 bridgehead atoms. The maximum atomic E-state index is 13.8. The third kappa shape index (κ3) is 3.35. The van der Waals surface area contributed by atoms with E-state index < -0.39 is 6.98 Å². The average Bonchev–Trinajstić information content (AvgIpc) is 3.18. The Hall–Kier alpha value is -4.20. The predicted octanol–water partition coefficient (Wildman–Crippen LogP) is 3.77. The number of aryl methyl sites for hydroxylation is 1. The minimum absolute atomic E-state index is 0.173. The predicted molar refractivity (Wildman–Crippen MR) is 126 cm³/mol. The largest absolute Gasteiger partial charge is 0.478 e. The summed E-state index contributed by atoms with van der Waals surface area (Å²) in [5.74, 6) is 0.568. The third-order valence-corrected chi connectivity index (χ3v) is 5.18. The van der Waals surface area contributed by atoms with Gasteiger partial charge >= 0.3 is 0 Å². The summed E-state index contributed by atoms with van der Waals surface area (Å²) in [5, 5.41) is 8.41. The van der Waals surface area contributed by atoms with Crippen molar-refractivity contribution in [1.29, 1.82) is 0 Å². The summed E-state index contributed by atoms with van der Waals surface area (Å²) in [6, 6.07) is 14.2. The first-order valence-corrected chi connectivity index (χ1v) is 10.1. The Morgan fingerprint density at radius 3 is 2.81 bits per heavy atom. The molecule has 0 fully saturated rings. The fourth-order valence-corrected chi connectivity index (χ4v) is 3.75. The molecular weight excluding hydrogens is 404 g/mol. The Balaban J connectivity index is 1.72. The SMILES string of the molecule is [2H]C([2H])([2H])Nc1ccc(-n2c(=O)c(-c3ccc4nn(C)cc4c3)cc3ccc(OCC)nc32)cn1. The molecule has 0 spiro atoms. The lowest BCUT2D eigenvalue weighted by atomic mass is 10.0. The van der Waals surface area contributed by atoms with E-state index in [1.165, 1.54) is 16.8 Å². The molecule has 0 unspecified atom stereocenters. The molecule has 0 saturated carbocycles. The highest BCUT2D eigenvalue weighted by molar-refractivity contribution is 5.88. The van der Waals surface area contributed by atoms with E-state index in [4.69, 9.17) is 8.85 Å².